The van der Waals surface area contributed by atoms with Crippen molar-refractivity contribution in [3.8, 4) is 6.07 Å². The molecule has 4 nitrogen and oxygen atoms in total. The fourth-order valence-electron chi connectivity index (χ4n) is 0.966. The normalized spacial score (nSPS) is 9.86. The Balaban J connectivity index is 2.41. The van der Waals surface area contributed by atoms with Crippen LogP contribution in [0.3, 0.4) is 0 Å². The second kappa shape index (κ2) is 5.18. The largest absolute Gasteiger partial charge is 0.369 e. The van der Waals surface area contributed by atoms with Gasteiger partial charge in [0.05, 0.1) is 12.4 Å². The van der Waals surface area contributed by atoms with Crippen LogP contribution < -0.4 is 5.32 Å². The summed E-state index contributed by atoms with van der Waals surface area (Å²) in [6, 6.07) is 1.93. The molecule has 0 amide bonds. The Labute approximate surface area is 84.0 Å². The molecule has 1 rings (SSSR count). The van der Waals surface area contributed by atoms with Gasteiger partial charge in [0.2, 0.25) is 0 Å². The average Bonchev–Trinajstić information content (AvgIpc) is 2.18. The molecule has 0 unspecified atom stereocenters. The lowest BCUT2D eigenvalue weighted by Crippen LogP contribution is -2.06. The minimum Gasteiger partial charge on any atom is -0.369 e. The van der Waals surface area contributed by atoms with Crippen LogP contribution in [0.1, 0.15) is 26.0 Å². The topological polar surface area (TPSA) is 61.6 Å². The van der Waals surface area contributed by atoms with Gasteiger partial charge in [-0.3, -0.25) is 0 Å². The molecule has 14 heavy (non-hydrogen) atoms. The van der Waals surface area contributed by atoms with Gasteiger partial charge in [-0.2, -0.15) is 5.26 Å². The summed E-state index contributed by atoms with van der Waals surface area (Å²) in [6.07, 6.45) is 4.15. The average molecular weight is 190 g/mol. The summed E-state index contributed by atoms with van der Waals surface area (Å²) >= 11 is 0. The molecule has 0 atom stereocenters. The smallest absolute Gasteiger partial charge is 0.158 e. The van der Waals surface area contributed by atoms with Crippen LogP contribution in [0.5, 0.6) is 0 Å². The number of aromatic nitrogens is 2. The first-order valence-corrected chi connectivity index (χ1v) is 4.68. The standard InChI is InChI=1S/C10H14N4/c1-8(2)3-4-12-10-7-13-9(5-11)6-14-10/h6-8H,3-4H2,1-2H3,(H,12,14). The molecule has 0 aromatic carbocycles. The van der Waals surface area contributed by atoms with Crippen molar-refractivity contribution >= 4 is 5.82 Å². The zero-order valence-electron chi connectivity index (χ0n) is 8.49. The lowest BCUT2D eigenvalue weighted by Gasteiger charge is -2.06. The molecule has 74 valence electrons. The van der Waals surface area contributed by atoms with Crippen LogP contribution in [0, 0.1) is 17.2 Å². The van der Waals surface area contributed by atoms with Gasteiger partial charge in [0.1, 0.15) is 11.9 Å². The summed E-state index contributed by atoms with van der Waals surface area (Å²) in [5, 5.41) is 11.6. The van der Waals surface area contributed by atoms with Crippen molar-refractivity contribution in [2.24, 2.45) is 5.92 Å². The maximum atomic E-state index is 8.50. The number of nitrogens with one attached hydrogen (secondary N) is 1. The van der Waals surface area contributed by atoms with Crippen LogP contribution in [-0.4, -0.2) is 16.5 Å². The third kappa shape index (κ3) is 3.40. The minimum atomic E-state index is 0.347. The van der Waals surface area contributed by atoms with Crippen molar-refractivity contribution in [3.63, 3.8) is 0 Å². The van der Waals surface area contributed by atoms with Gasteiger partial charge in [0.25, 0.3) is 0 Å². The van der Waals surface area contributed by atoms with E-state index in [1.165, 1.54) is 6.20 Å². The number of nitrogens with zero attached hydrogens (tertiary/aromatic N) is 3. The van der Waals surface area contributed by atoms with E-state index in [1.807, 2.05) is 6.07 Å². The van der Waals surface area contributed by atoms with Crippen molar-refractivity contribution in [3.05, 3.63) is 18.1 Å². The fourth-order valence-corrected chi connectivity index (χ4v) is 0.966. The summed E-state index contributed by atoms with van der Waals surface area (Å²) in [5.74, 6) is 1.40. The Morgan fingerprint density at radius 1 is 1.43 bits per heavy atom. The Kier molecular flexibility index (Phi) is 3.86. The van der Waals surface area contributed by atoms with Gasteiger partial charge in [-0.25, -0.2) is 9.97 Å². The van der Waals surface area contributed by atoms with Crippen LogP contribution in [0.25, 0.3) is 0 Å². The van der Waals surface area contributed by atoms with Gasteiger partial charge < -0.3 is 5.32 Å². The van der Waals surface area contributed by atoms with Gasteiger partial charge in [-0.1, -0.05) is 13.8 Å². The quantitative estimate of drug-likeness (QED) is 0.786. The van der Waals surface area contributed by atoms with Crippen LogP contribution in [0.2, 0.25) is 0 Å². The molecular formula is C10H14N4. The second-order valence-corrected chi connectivity index (χ2v) is 3.51. The van der Waals surface area contributed by atoms with Crippen molar-refractivity contribution in [1.29, 1.82) is 5.26 Å². The number of nitriles is 1. The molecule has 0 saturated carbocycles. The summed E-state index contributed by atoms with van der Waals surface area (Å²) in [5.41, 5.74) is 0.347. The first-order valence-electron chi connectivity index (χ1n) is 4.68. The Hall–Kier alpha value is -1.63. The van der Waals surface area contributed by atoms with Crippen molar-refractivity contribution < 1.29 is 0 Å². The lowest BCUT2D eigenvalue weighted by atomic mass is 10.1. The number of hydrogen-bond acceptors (Lipinski definition) is 4. The number of hydrogen-bond donors (Lipinski definition) is 1. The fraction of sp³-hybridized carbons (Fsp3) is 0.500. The molecule has 0 fully saturated rings. The molecule has 0 bridgehead atoms. The highest BCUT2D eigenvalue weighted by Gasteiger charge is 1.97. The van der Waals surface area contributed by atoms with E-state index in [9.17, 15) is 0 Å². The van der Waals surface area contributed by atoms with E-state index in [0.717, 1.165) is 18.8 Å². The lowest BCUT2D eigenvalue weighted by molar-refractivity contribution is 0.606. The van der Waals surface area contributed by atoms with Crippen LogP contribution in [-0.2, 0) is 0 Å². The Morgan fingerprint density at radius 2 is 2.21 bits per heavy atom. The Morgan fingerprint density at radius 3 is 2.71 bits per heavy atom. The van der Waals surface area contributed by atoms with Crippen molar-refractivity contribution in [2.45, 2.75) is 20.3 Å². The maximum absolute atomic E-state index is 8.50. The molecule has 0 radical (unpaired) electrons. The second-order valence-electron chi connectivity index (χ2n) is 3.51. The van der Waals surface area contributed by atoms with Crippen LogP contribution in [0.15, 0.2) is 12.4 Å². The molecule has 0 aliphatic carbocycles. The molecule has 0 aliphatic heterocycles. The molecular weight excluding hydrogens is 176 g/mol. The van der Waals surface area contributed by atoms with Crippen molar-refractivity contribution in [1.82, 2.24) is 9.97 Å². The molecule has 4 heteroatoms. The third-order valence-electron chi connectivity index (χ3n) is 1.79. The molecule has 1 N–H and O–H groups in total. The summed E-state index contributed by atoms with van der Waals surface area (Å²) in [7, 11) is 0. The molecule has 1 heterocycles. The summed E-state index contributed by atoms with van der Waals surface area (Å²) in [4.78, 5) is 7.96. The van der Waals surface area contributed by atoms with E-state index in [2.05, 4.69) is 29.1 Å². The minimum absolute atomic E-state index is 0.347. The van der Waals surface area contributed by atoms with E-state index in [1.54, 1.807) is 6.20 Å². The first-order chi connectivity index (χ1) is 6.72. The monoisotopic (exact) mass is 190 g/mol. The predicted octanol–water partition coefficient (Wildman–Crippen LogP) is 1.81. The van der Waals surface area contributed by atoms with E-state index < -0.39 is 0 Å². The van der Waals surface area contributed by atoms with Gasteiger partial charge in [0, 0.05) is 6.54 Å². The molecule has 0 aliphatic rings. The van der Waals surface area contributed by atoms with Crippen molar-refractivity contribution in [2.75, 3.05) is 11.9 Å². The zero-order valence-corrected chi connectivity index (χ0v) is 8.49. The van der Waals surface area contributed by atoms with E-state index in [-0.39, 0.29) is 0 Å². The highest BCUT2D eigenvalue weighted by Crippen LogP contribution is 2.03. The van der Waals surface area contributed by atoms with Crippen LogP contribution >= 0.6 is 0 Å². The first kappa shape index (κ1) is 10.5. The Bertz CT molecular complexity index is 310. The summed E-state index contributed by atoms with van der Waals surface area (Å²) in [6.45, 7) is 5.23. The molecule has 1 aromatic heterocycles. The van der Waals surface area contributed by atoms with Gasteiger partial charge >= 0.3 is 0 Å². The third-order valence-corrected chi connectivity index (χ3v) is 1.79. The highest BCUT2D eigenvalue weighted by atomic mass is 15.0. The van der Waals surface area contributed by atoms with Gasteiger partial charge in [-0.05, 0) is 12.3 Å². The summed E-state index contributed by atoms with van der Waals surface area (Å²) < 4.78 is 0. The van der Waals surface area contributed by atoms with Crippen LogP contribution in [0.4, 0.5) is 5.82 Å². The SMILES string of the molecule is CC(C)CCNc1cnc(C#N)cn1. The molecule has 0 saturated heterocycles. The number of anilines is 1. The van der Waals surface area contributed by atoms with E-state index in [0.29, 0.717) is 11.6 Å². The molecule has 0 spiro atoms. The molecule has 1 aromatic rings. The van der Waals surface area contributed by atoms with Gasteiger partial charge in [0.15, 0.2) is 5.69 Å². The van der Waals surface area contributed by atoms with E-state index in [4.69, 9.17) is 5.26 Å². The maximum Gasteiger partial charge on any atom is 0.158 e. The van der Waals surface area contributed by atoms with Gasteiger partial charge in [-0.15, -0.1) is 0 Å². The van der Waals surface area contributed by atoms with E-state index >= 15 is 0 Å². The predicted molar refractivity (Wildman–Crippen MR) is 54.7 cm³/mol. The zero-order chi connectivity index (χ0) is 10.4. The highest BCUT2D eigenvalue weighted by molar-refractivity contribution is 5.32. The number of rotatable bonds is 4.